The van der Waals surface area contributed by atoms with Gasteiger partial charge in [0, 0.05) is 13.2 Å². The maximum absolute atomic E-state index is 12.1. The van der Waals surface area contributed by atoms with E-state index < -0.39 is 0 Å². The molecule has 6 nitrogen and oxygen atoms in total. The number of nitrogens with one attached hydrogen (secondary N) is 1. The van der Waals surface area contributed by atoms with E-state index in [1.165, 1.54) is 0 Å². The second-order valence-electron chi connectivity index (χ2n) is 4.43. The zero-order valence-electron chi connectivity index (χ0n) is 9.13. The Kier molecular flexibility index (Phi) is 2.53. The first-order valence-corrected chi connectivity index (χ1v) is 5.80. The molecule has 2 fully saturated rings. The van der Waals surface area contributed by atoms with Crippen molar-refractivity contribution in [1.29, 1.82) is 0 Å². The van der Waals surface area contributed by atoms with E-state index in [9.17, 15) is 4.79 Å². The van der Waals surface area contributed by atoms with E-state index in [0.29, 0.717) is 6.61 Å². The normalized spacial score (nSPS) is 30.0. The highest BCUT2D eigenvalue weighted by Crippen LogP contribution is 2.17. The average molecular weight is 224 g/mol. The minimum Gasteiger partial charge on any atom is -0.379 e. The lowest BCUT2D eigenvalue weighted by molar-refractivity contribution is 0.183. The molecule has 2 atom stereocenters. The predicted octanol–water partition coefficient (Wildman–Crippen LogP) is -0.459. The zero-order valence-corrected chi connectivity index (χ0v) is 9.13. The quantitative estimate of drug-likeness (QED) is 0.738. The molecule has 3 heterocycles. The number of aromatic nitrogens is 3. The summed E-state index contributed by atoms with van der Waals surface area (Å²) in [5.74, 6) is 0. The molecule has 0 saturated carbocycles. The van der Waals surface area contributed by atoms with Gasteiger partial charge in [-0.15, -0.1) is 0 Å². The lowest BCUT2D eigenvalue weighted by atomic mass is 10.2. The van der Waals surface area contributed by atoms with Gasteiger partial charge >= 0.3 is 5.69 Å². The van der Waals surface area contributed by atoms with Crippen LogP contribution in [-0.2, 0) is 4.74 Å². The van der Waals surface area contributed by atoms with Crippen LogP contribution < -0.4 is 11.0 Å². The summed E-state index contributed by atoms with van der Waals surface area (Å²) >= 11 is 0. The van der Waals surface area contributed by atoms with Gasteiger partial charge in [0.15, 0.2) is 0 Å². The van der Waals surface area contributed by atoms with Crippen LogP contribution in [0.4, 0.5) is 0 Å². The fraction of sp³-hybridized carbons (Fsp3) is 0.800. The second-order valence-corrected chi connectivity index (χ2v) is 4.43. The molecule has 2 aliphatic heterocycles. The zero-order chi connectivity index (χ0) is 11.0. The van der Waals surface area contributed by atoms with E-state index >= 15 is 0 Å². The minimum absolute atomic E-state index is 0.00389. The summed E-state index contributed by atoms with van der Waals surface area (Å²) in [7, 11) is 0. The van der Waals surface area contributed by atoms with Crippen molar-refractivity contribution in [2.24, 2.45) is 0 Å². The largest absolute Gasteiger partial charge is 0.379 e. The summed E-state index contributed by atoms with van der Waals surface area (Å²) in [4.78, 5) is 12.1. The highest BCUT2D eigenvalue weighted by molar-refractivity contribution is 4.84. The Morgan fingerprint density at radius 3 is 3.06 bits per heavy atom. The third-order valence-corrected chi connectivity index (χ3v) is 3.40. The van der Waals surface area contributed by atoms with Crippen molar-refractivity contribution >= 4 is 0 Å². The third-order valence-electron chi connectivity index (χ3n) is 3.40. The molecule has 1 aromatic rings. The van der Waals surface area contributed by atoms with Gasteiger partial charge < -0.3 is 10.1 Å². The first-order valence-electron chi connectivity index (χ1n) is 5.80. The van der Waals surface area contributed by atoms with Gasteiger partial charge in [0.05, 0.1) is 18.7 Å². The van der Waals surface area contributed by atoms with Crippen molar-refractivity contribution in [3.63, 3.8) is 0 Å². The van der Waals surface area contributed by atoms with Crippen molar-refractivity contribution in [2.45, 2.75) is 24.9 Å². The van der Waals surface area contributed by atoms with Crippen molar-refractivity contribution in [3.05, 3.63) is 16.8 Å². The van der Waals surface area contributed by atoms with Gasteiger partial charge in [-0.25, -0.2) is 9.48 Å². The molecule has 0 bridgehead atoms. The van der Waals surface area contributed by atoms with Crippen LogP contribution in [0, 0.1) is 0 Å². The van der Waals surface area contributed by atoms with E-state index in [-0.39, 0.29) is 17.8 Å². The van der Waals surface area contributed by atoms with Gasteiger partial charge in [-0.1, -0.05) is 0 Å². The standard InChI is InChI=1S/C10H16N4O2/c15-10-13(8-1-3-11-5-8)7-12-14(10)9-2-4-16-6-9/h7-9,11H,1-6H2. The molecule has 16 heavy (non-hydrogen) atoms. The highest BCUT2D eigenvalue weighted by atomic mass is 16.5. The van der Waals surface area contributed by atoms with Crippen LogP contribution in [0.2, 0.25) is 0 Å². The Bertz CT molecular complexity index is 376. The maximum Gasteiger partial charge on any atom is 0.346 e. The van der Waals surface area contributed by atoms with Crippen molar-refractivity contribution in [1.82, 2.24) is 19.7 Å². The molecule has 0 radical (unpaired) electrons. The molecule has 0 aromatic carbocycles. The van der Waals surface area contributed by atoms with E-state index in [2.05, 4.69) is 10.4 Å². The van der Waals surface area contributed by atoms with Crippen LogP contribution in [0.3, 0.4) is 0 Å². The van der Waals surface area contributed by atoms with Gasteiger partial charge in [-0.2, -0.15) is 5.10 Å². The minimum atomic E-state index is 0.00389. The van der Waals surface area contributed by atoms with E-state index in [4.69, 9.17) is 4.74 Å². The molecule has 2 aliphatic rings. The van der Waals surface area contributed by atoms with Gasteiger partial charge in [-0.05, 0) is 19.4 Å². The number of hydrogen-bond acceptors (Lipinski definition) is 4. The van der Waals surface area contributed by atoms with Crippen LogP contribution in [0.1, 0.15) is 24.9 Å². The van der Waals surface area contributed by atoms with E-state index in [1.807, 2.05) is 0 Å². The smallest absolute Gasteiger partial charge is 0.346 e. The summed E-state index contributed by atoms with van der Waals surface area (Å²) in [6, 6.07) is 0.395. The van der Waals surface area contributed by atoms with Gasteiger partial charge in [0.25, 0.3) is 0 Å². The summed E-state index contributed by atoms with van der Waals surface area (Å²) in [6.07, 6.45) is 3.56. The molecule has 88 valence electrons. The molecule has 2 saturated heterocycles. The summed E-state index contributed by atoms with van der Waals surface area (Å²) in [6.45, 7) is 3.19. The van der Waals surface area contributed by atoms with E-state index in [1.54, 1.807) is 15.6 Å². The van der Waals surface area contributed by atoms with Crippen LogP contribution in [0.25, 0.3) is 0 Å². The Balaban J connectivity index is 1.87. The average Bonchev–Trinajstić information content (AvgIpc) is 2.96. The van der Waals surface area contributed by atoms with Crippen LogP contribution in [-0.4, -0.2) is 40.7 Å². The maximum atomic E-state index is 12.1. The van der Waals surface area contributed by atoms with Crippen LogP contribution in [0.15, 0.2) is 11.1 Å². The Morgan fingerprint density at radius 2 is 2.38 bits per heavy atom. The third kappa shape index (κ3) is 1.58. The van der Waals surface area contributed by atoms with Crippen LogP contribution in [0.5, 0.6) is 0 Å². The Hall–Kier alpha value is -1.14. The van der Waals surface area contributed by atoms with Crippen molar-refractivity contribution in [2.75, 3.05) is 26.3 Å². The van der Waals surface area contributed by atoms with Crippen LogP contribution >= 0.6 is 0 Å². The fourth-order valence-corrected chi connectivity index (χ4v) is 2.42. The first-order chi connectivity index (χ1) is 7.86. The van der Waals surface area contributed by atoms with Gasteiger partial charge in [-0.3, -0.25) is 4.57 Å². The molecule has 3 rings (SSSR count). The number of rotatable bonds is 2. The first kappa shape index (κ1) is 10.0. The Labute approximate surface area is 93.2 Å². The SMILES string of the molecule is O=c1n(C2CCNC2)cnn1C1CCOC1. The molecule has 2 unspecified atom stereocenters. The van der Waals surface area contributed by atoms with Gasteiger partial charge in [0.1, 0.15) is 6.33 Å². The highest BCUT2D eigenvalue weighted by Gasteiger charge is 2.24. The molecule has 0 aliphatic carbocycles. The summed E-state index contributed by atoms with van der Waals surface area (Å²) in [5.41, 5.74) is 0.00389. The predicted molar refractivity (Wildman–Crippen MR) is 57.5 cm³/mol. The molecule has 6 heteroatoms. The molecular weight excluding hydrogens is 208 g/mol. The molecule has 1 aromatic heterocycles. The van der Waals surface area contributed by atoms with E-state index in [0.717, 1.165) is 32.5 Å². The number of ether oxygens (including phenoxy) is 1. The fourth-order valence-electron chi connectivity index (χ4n) is 2.42. The second kappa shape index (κ2) is 4.03. The molecule has 1 N–H and O–H groups in total. The van der Waals surface area contributed by atoms with Gasteiger partial charge in [0.2, 0.25) is 0 Å². The topological polar surface area (TPSA) is 61.1 Å². The molecule has 0 amide bonds. The summed E-state index contributed by atoms with van der Waals surface area (Å²) in [5, 5.41) is 7.46. The number of hydrogen-bond donors (Lipinski definition) is 1. The lowest BCUT2D eigenvalue weighted by Crippen LogP contribution is -2.31. The monoisotopic (exact) mass is 224 g/mol. The summed E-state index contributed by atoms with van der Waals surface area (Å²) < 4.78 is 8.60. The number of nitrogens with zero attached hydrogens (tertiary/aromatic N) is 3. The lowest BCUT2D eigenvalue weighted by Gasteiger charge is -2.08. The van der Waals surface area contributed by atoms with Crippen molar-refractivity contribution < 1.29 is 4.74 Å². The molecule has 0 spiro atoms. The Morgan fingerprint density at radius 1 is 1.44 bits per heavy atom. The van der Waals surface area contributed by atoms with Crippen molar-refractivity contribution in [3.8, 4) is 0 Å². The molecular formula is C10H16N4O2.